The molecule has 0 unspecified atom stereocenters. The molecule has 1 aromatic heterocycles. The van der Waals surface area contributed by atoms with Crippen molar-refractivity contribution in [1.29, 1.82) is 0 Å². The van der Waals surface area contributed by atoms with Crippen LogP contribution in [-0.2, 0) is 0 Å². The van der Waals surface area contributed by atoms with Crippen LogP contribution in [0.3, 0.4) is 0 Å². The molecule has 6 heteroatoms. The van der Waals surface area contributed by atoms with Crippen LogP contribution in [0.15, 0.2) is 60.7 Å². The van der Waals surface area contributed by atoms with E-state index in [-0.39, 0.29) is 5.91 Å². The van der Waals surface area contributed by atoms with Crippen molar-refractivity contribution in [2.24, 2.45) is 0 Å². The van der Waals surface area contributed by atoms with Gasteiger partial charge in [0, 0.05) is 17.3 Å². The normalized spacial score (nSPS) is 10.3. The van der Waals surface area contributed by atoms with E-state index in [9.17, 15) is 4.79 Å². The van der Waals surface area contributed by atoms with Crippen LogP contribution in [0.25, 0.3) is 11.3 Å². The van der Waals surface area contributed by atoms with Gasteiger partial charge in [-0.25, -0.2) is 0 Å². The number of ether oxygens (including phenoxy) is 2. The molecule has 27 heavy (non-hydrogen) atoms. The molecule has 0 bridgehead atoms. The number of amides is 1. The van der Waals surface area contributed by atoms with Crippen LogP contribution < -0.4 is 14.8 Å². The van der Waals surface area contributed by atoms with Crippen LogP contribution in [0.2, 0.25) is 0 Å². The van der Waals surface area contributed by atoms with Gasteiger partial charge in [0.25, 0.3) is 5.91 Å². The highest BCUT2D eigenvalue weighted by molar-refractivity contribution is 6.06. The molecule has 0 atom stereocenters. The van der Waals surface area contributed by atoms with Gasteiger partial charge in [0.05, 0.1) is 24.5 Å². The number of nitrogens with zero attached hydrogens (tertiary/aromatic N) is 2. The van der Waals surface area contributed by atoms with E-state index in [0.717, 1.165) is 11.3 Å². The Kier molecular flexibility index (Phi) is 5.99. The van der Waals surface area contributed by atoms with Crippen molar-refractivity contribution in [3.63, 3.8) is 0 Å². The highest BCUT2D eigenvalue weighted by Gasteiger charge is 2.12. The molecule has 0 fully saturated rings. The van der Waals surface area contributed by atoms with E-state index in [0.29, 0.717) is 36.1 Å². The van der Waals surface area contributed by atoms with Gasteiger partial charge in [0.15, 0.2) is 0 Å². The highest BCUT2D eigenvalue weighted by atomic mass is 16.5. The van der Waals surface area contributed by atoms with Crippen LogP contribution >= 0.6 is 0 Å². The quantitative estimate of drug-likeness (QED) is 0.681. The zero-order chi connectivity index (χ0) is 19.1. The minimum Gasteiger partial charge on any atom is -0.493 e. The third-order valence-electron chi connectivity index (χ3n) is 3.80. The van der Waals surface area contributed by atoms with Crippen LogP contribution in [0, 0.1) is 0 Å². The Morgan fingerprint density at radius 1 is 0.889 bits per heavy atom. The first-order chi connectivity index (χ1) is 13.2. The monoisotopic (exact) mass is 363 g/mol. The maximum absolute atomic E-state index is 12.5. The maximum Gasteiger partial charge on any atom is 0.259 e. The molecule has 3 aromatic rings. The summed E-state index contributed by atoms with van der Waals surface area (Å²) in [7, 11) is 0. The zero-order valence-electron chi connectivity index (χ0n) is 15.3. The van der Waals surface area contributed by atoms with Gasteiger partial charge in [-0.3, -0.25) is 4.79 Å². The molecule has 0 aliphatic heterocycles. The Labute approximate surface area is 158 Å². The summed E-state index contributed by atoms with van der Waals surface area (Å²) in [6, 6.07) is 18.2. The smallest absolute Gasteiger partial charge is 0.259 e. The van der Waals surface area contributed by atoms with E-state index in [2.05, 4.69) is 15.5 Å². The van der Waals surface area contributed by atoms with E-state index < -0.39 is 0 Å². The zero-order valence-corrected chi connectivity index (χ0v) is 15.3. The second-order valence-electron chi connectivity index (χ2n) is 5.65. The van der Waals surface area contributed by atoms with E-state index >= 15 is 0 Å². The molecule has 6 nitrogen and oxygen atoms in total. The van der Waals surface area contributed by atoms with Gasteiger partial charge in [-0.15, -0.1) is 10.2 Å². The van der Waals surface area contributed by atoms with Crippen molar-refractivity contribution in [3.05, 3.63) is 66.2 Å². The van der Waals surface area contributed by atoms with Gasteiger partial charge in [-0.05, 0) is 44.2 Å². The van der Waals surface area contributed by atoms with Crippen LogP contribution in [0.1, 0.15) is 24.2 Å². The molecule has 1 amide bonds. The molecule has 0 aliphatic rings. The lowest BCUT2D eigenvalue weighted by Gasteiger charge is -2.11. The molecule has 0 aliphatic carbocycles. The number of carbonyl (C=O) groups is 1. The number of anilines is 1. The SMILES string of the molecule is CCOc1ccc(-c2ccc(NC(=O)c3ccccc3OCC)cc2)nn1. The average Bonchev–Trinajstić information content (AvgIpc) is 2.70. The molecule has 138 valence electrons. The van der Waals surface area contributed by atoms with E-state index in [1.54, 1.807) is 18.2 Å². The van der Waals surface area contributed by atoms with E-state index in [1.165, 1.54) is 0 Å². The van der Waals surface area contributed by atoms with Gasteiger partial charge < -0.3 is 14.8 Å². The Bertz CT molecular complexity index is 893. The number of aromatic nitrogens is 2. The number of rotatable bonds is 7. The summed E-state index contributed by atoms with van der Waals surface area (Å²) < 4.78 is 10.8. The summed E-state index contributed by atoms with van der Waals surface area (Å²) in [5.74, 6) is 0.851. The third kappa shape index (κ3) is 4.61. The lowest BCUT2D eigenvalue weighted by Crippen LogP contribution is -2.13. The van der Waals surface area contributed by atoms with Crippen LogP contribution in [-0.4, -0.2) is 29.3 Å². The molecule has 0 spiro atoms. The largest absolute Gasteiger partial charge is 0.493 e. The van der Waals surface area contributed by atoms with Crippen molar-refractivity contribution >= 4 is 11.6 Å². The first-order valence-corrected chi connectivity index (χ1v) is 8.81. The first kappa shape index (κ1) is 18.4. The fraction of sp³-hybridized carbons (Fsp3) is 0.190. The number of hydrogen-bond donors (Lipinski definition) is 1. The van der Waals surface area contributed by atoms with Gasteiger partial charge in [-0.2, -0.15) is 0 Å². The topological polar surface area (TPSA) is 73.3 Å². The second kappa shape index (κ2) is 8.80. The number of para-hydroxylation sites is 1. The number of hydrogen-bond acceptors (Lipinski definition) is 5. The summed E-state index contributed by atoms with van der Waals surface area (Å²) in [6.07, 6.45) is 0. The predicted molar refractivity (Wildman–Crippen MR) is 104 cm³/mol. The minimum absolute atomic E-state index is 0.215. The summed E-state index contributed by atoms with van der Waals surface area (Å²) in [6.45, 7) is 4.84. The Morgan fingerprint density at radius 3 is 2.30 bits per heavy atom. The molecule has 1 N–H and O–H groups in total. The molecular formula is C21H21N3O3. The fourth-order valence-corrected chi connectivity index (χ4v) is 2.56. The predicted octanol–water partition coefficient (Wildman–Crippen LogP) is 4.19. The Morgan fingerprint density at radius 2 is 1.63 bits per heavy atom. The standard InChI is InChI=1S/C21H21N3O3/c1-3-26-19-8-6-5-7-17(19)21(25)22-16-11-9-15(10-12-16)18-13-14-20(24-23-18)27-4-2/h5-14H,3-4H2,1-2H3,(H,22,25). The highest BCUT2D eigenvalue weighted by Crippen LogP contribution is 2.22. The second-order valence-corrected chi connectivity index (χ2v) is 5.65. The van der Waals surface area contributed by atoms with Crippen molar-refractivity contribution in [3.8, 4) is 22.9 Å². The van der Waals surface area contributed by atoms with Crippen LogP contribution in [0.5, 0.6) is 11.6 Å². The van der Waals surface area contributed by atoms with Crippen molar-refractivity contribution in [2.45, 2.75) is 13.8 Å². The number of carbonyl (C=O) groups excluding carboxylic acids is 1. The van der Waals surface area contributed by atoms with Gasteiger partial charge in [-0.1, -0.05) is 24.3 Å². The molecule has 0 saturated carbocycles. The molecule has 0 saturated heterocycles. The molecule has 1 heterocycles. The number of benzene rings is 2. The minimum atomic E-state index is -0.215. The summed E-state index contributed by atoms with van der Waals surface area (Å²) >= 11 is 0. The van der Waals surface area contributed by atoms with Crippen molar-refractivity contribution in [1.82, 2.24) is 10.2 Å². The lowest BCUT2D eigenvalue weighted by molar-refractivity contribution is 0.102. The summed E-state index contributed by atoms with van der Waals surface area (Å²) in [4.78, 5) is 12.5. The summed E-state index contributed by atoms with van der Waals surface area (Å²) in [5.41, 5.74) is 2.83. The maximum atomic E-state index is 12.5. The van der Waals surface area contributed by atoms with Gasteiger partial charge >= 0.3 is 0 Å². The van der Waals surface area contributed by atoms with E-state index in [1.807, 2.05) is 56.3 Å². The molecule has 0 radical (unpaired) electrons. The van der Waals surface area contributed by atoms with Crippen molar-refractivity contribution < 1.29 is 14.3 Å². The molecule has 3 rings (SSSR count). The lowest BCUT2D eigenvalue weighted by atomic mass is 10.1. The van der Waals surface area contributed by atoms with Crippen LogP contribution in [0.4, 0.5) is 5.69 Å². The Hall–Kier alpha value is -3.41. The van der Waals surface area contributed by atoms with E-state index in [4.69, 9.17) is 9.47 Å². The van der Waals surface area contributed by atoms with Gasteiger partial charge in [0.2, 0.25) is 5.88 Å². The first-order valence-electron chi connectivity index (χ1n) is 8.81. The molecule has 2 aromatic carbocycles. The molecular weight excluding hydrogens is 342 g/mol. The number of nitrogens with one attached hydrogen (secondary N) is 1. The third-order valence-corrected chi connectivity index (χ3v) is 3.80. The van der Waals surface area contributed by atoms with Crippen molar-refractivity contribution in [2.75, 3.05) is 18.5 Å². The Balaban J connectivity index is 1.71. The van der Waals surface area contributed by atoms with Gasteiger partial charge in [0.1, 0.15) is 5.75 Å². The average molecular weight is 363 g/mol. The summed E-state index contributed by atoms with van der Waals surface area (Å²) in [5, 5.41) is 11.1. The fourth-order valence-electron chi connectivity index (χ4n) is 2.56.